The molecule has 0 amide bonds. The molecule has 1 fully saturated rings. The van der Waals surface area contributed by atoms with Crippen LogP contribution in [0.1, 0.15) is 93.2 Å². The van der Waals surface area contributed by atoms with Gasteiger partial charge in [0.1, 0.15) is 17.5 Å². The van der Waals surface area contributed by atoms with E-state index in [1.807, 2.05) is 46.2 Å². The molecule has 1 aliphatic heterocycles. The van der Waals surface area contributed by atoms with Crippen LogP contribution in [-0.4, -0.2) is 94.9 Å². The Kier molecular flexibility index (Phi) is 24.3. The molecule has 0 aliphatic carbocycles. The lowest BCUT2D eigenvalue weighted by Crippen LogP contribution is -2.43. The zero-order valence-electron chi connectivity index (χ0n) is 31.1. The summed E-state index contributed by atoms with van der Waals surface area (Å²) in [5.41, 5.74) is 5.85. The maximum absolute atomic E-state index is 16.2. The third-order valence-corrected chi connectivity index (χ3v) is 12.2. The Hall–Kier alpha value is -2.30. The summed E-state index contributed by atoms with van der Waals surface area (Å²) in [4.78, 5) is 58.7. The van der Waals surface area contributed by atoms with Crippen LogP contribution in [-0.2, 0) is 37.6 Å². The highest BCUT2D eigenvalue weighted by atomic mass is 33.1. The van der Waals surface area contributed by atoms with Crippen LogP contribution in [0.15, 0.2) is 27.0 Å². The largest absolute Gasteiger partial charge is 0.465 e. The number of azide groups is 1. The van der Waals surface area contributed by atoms with Crippen molar-refractivity contribution in [2.24, 2.45) is 10.5 Å². The Morgan fingerprint density at radius 3 is 2.40 bits per heavy atom. The van der Waals surface area contributed by atoms with Gasteiger partial charge in [-0.3, -0.25) is 19.1 Å². The summed E-state index contributed by atoms with van der Waals surface area (Å²) >= 11 is 0. The first kappa shape index (κ1) is 47.7. The number of unbranched alkanes of at least 4 members (excludes halogenated alkanes) is 3. The topological polar surface area (TPSA) is 204 Å². The van der Waals surface area contributed by atoms with Crippen molar-refractivity contribution < 1.29 is 42.0 Å². The van der Waals surface area contributed by atoms with E-state index in [0.29, 0.717) is 25.3 Å². The van der Waals surface area contributed by atoms with Crippen LogP contribution in [0.2, 0.25) is 0 Å². The number of aromatic amines is 1. The van der Waals surface area contributed by atoms with Gasteiger partial charge in [0.05, 0.1) is 25.9 Å². The van der Waals surface area contributed by atoms with Gasteiger partial charge in [-0.15, -0.1) is 0 Å². The zero-order valence-corrected chi connectivity index (χ0v) is 33.6. The molecule has 1 aromatic rings. The van der Waals surface area contributed by atoms with E-state index in [-0.39, 0.29) is 38.1 Å². The summed E-state index contributed by atoms with van der Waals surface area (Å²) in [5, 5.41) is 3.55. The quantitative estimate of drug-likeness (QED) is 0.0164. The molecule has 52 heavy (non-hydrogen) atoms. The van der Waals surface area contributed by atoms with Crippen LogP contribution in [0, 0.1) is 5.41 Å². The second-order valence-electron chi connectivity index (χ2n) is 12.3. The van der Waals surface area contributed by atoms with Crippen LogP contribution in [0.5, 0.6) is 0 Å². The molecule has 1 aliphatic rings. The third kappa shape index (κ3) is 15.6. The van der Waals surface area contributed by atoms with Crippen LogP contribution in [0.25, 0.3) is 10.4 Å². The highest BCUT2D eigenvalue weighted by Crippen LogP contribution is 2.52. The number of carbonyl (C=O) groups is 1. The SMILES string of the molecule is CCOC(=O)C(CC)(COCSSCCCCCCN=[N+]=[N-])COP(OC1[C@@H](CC)O[C@@H](n2ccc(=O)[nH]c2=O)[C@H]1F)N(C(C)C)C(C)C.O=C=O. The molecule has 0 saturated carbocycles. The fourth-order valence-corrected chi connectivity index (χ4v) is 8.96. The number of nitrogens with zero attached hydrogens (tertiary/aromatic N) is 5. The summed E-state index contributed by atoms with van der Waals surface area (Å²) in [5.74, 6) is 0.877. The summed E-state index contributed by atoms with van der Waals surface area (Å²) < 4.78 is 49.7. The molecule has 1 saturated heterocycles. The number of H-pyrrole nitrogens is 1. The second-order valence-corrected chi connectivity index (χ2v) is 16.2. The lowest BCUT2D eigenvalue weighted by atomic mass is 9.87. The zero-order chi connectivity index (χ0) is 39.1. The van der Waals surface area contributed by atoms with E-state index in [9.17, 15) is 14.4 Å². The van der Waals surface area contributed by atoms with Crippen molar-refractivity contribution in [3.05, 3.63) is 43.5 Å². The van der Waals surface area contributed by atoms with Crippen LogP contribution in [0.4, 0.5) is 4.39 Å². The van der Waals surface area contributed by atoms with Crippen molar-refractivity contribution in [3.8, 4) is 0 Å². The molecular weight excluding hydrogens is 742 g/mol. The van der Waals surface area contributed by atoms with Gasteiger partial charge in [-0.1, -0.05) is 53.4 Å². The Balaban J connectivity index is 0.00000434. The summed E-state index contributed by atoms with van der Waals surface area (Å²) in [6.45, 7) is 14.1. The molecule has 6 atom stereocenters. The fraction of sp³-hybridized carbons (Fsp3) is 0.812. The van der Waals surface area contributed by atoms with Crippen LogP contribution < -0.4 is 11.2 Å². The maximum Gasteiger partial charge on any atom is 0.373 e. The van der Waals surface area contributed by atoms with Gasteiger partial charge in [0, 0.05) is 41.6 Å². The molecule has 1 aromatic heterocycles. The number of alkyl halides is 1. The molecule has 1 N–H and O–H groups in total. The summed E-state index contributed by atoms with van der Waals surface area (Å²) in [6, 6.07) is 1.02. The van der Waals surface area contributed by atoms with E-state index < -0.39 is 55.8 Å². The molecule has 296 valence electrons. The Morgan fingerprint density at radius 2 is 1.83 bits per heavy atom. The van der Waals surface area contributed by atoms with Crippen molar-refractivity contribution in [1.82, 2.24) is 14.2 Å². The van der Waals surface area contributed by atoms with Gasteiger partial charge in [0.25, 0.3) is 14.1 Å². The number of carbonyl (C=O) groups excluding carboxylic acids is 3. The molecule has 2 heterocycles. The molecule has 0 aromatic carbocycles. The Morgan fingerprint density at radius 1 is 1.15 bits per heavy atom. The van der Waals surface area contributed by atoms with Crippen molar-refractivity contribution in [1.29, 1.82) is 0 Å². The lowest BCUT2D eigenvalue weighted by Gasteiger charge is -2.39. The molecule has 0 bridgehead atoms. The minimum absolute atomic E-state index is 0.0569. The third-order valence-electron chi connectivity index (χ3n) is 7.98. The van der Waals surface area contributed by atoms with E-state index in [2.05, 4.69) is 15.0 Å². The normalized spacial score (nSPS) is 20.1. The van der Waals surface area contributed by atoms with Crippen molar-refractivity contribution >= 4 is 42.2 Å². The van der Waals surface area contributed by atoms with Gasteiger partial charge in [-0.05, 0) is 65.8 Å². The van der Waals surface area contributed by atoms with Crippen molar-refractivity contribution in [2.45, 2.75) is 124 Å². The average molecular weight is 797 g/mol. The summed E-state index contributed by atoms with van der Waals surface area (Å²) in [7, 11) is 1.33. The number of halogens is 1. The van der Waals surface area contributed by atoms with E-state index in [0.717, 1.165) is 42.1 Å². The minimum Gasteiger partial charge on any atom is -0.465 e. The van der Waals surface area contributed by atoms with Gasteiger partial charge < -0.3 is 23.3 Å². The maximum atomic E-state index is 16.2. The Labute approximate surface area is 313 Å². The predicted molar refractivity (Wildman–Crippen MR) is 198 cm³/mol. The highest BCUT2D eigenvalue weighted by molar-refractivity contribution is 8.76. The Bertz CT molecular complexity index is 1370. The molecule has 16 nitrogen and oxygen atoms in total. The van der Waals surface area contributed by atoms with Crippen LogP contribution in [0.3, 0.4) is 0 Å². The lowest BCUT2D eigenvalue weighted by molar-refractivity contribution is -0.191. The number of nitrogens with one attached hydrogen (secondary N) is 1. The number of rotatable bonds is 25. The van der Waals surface area contributed by atoms with E-state index >= 15 is 4.39 Å². The summed E-state index contributed by atoms with van der Waals surface area (Å²) in [6.07, 6.45) is 1.40. The monoisotopic (exact) mass is 796 g/mol. The first-order valence-electron chi connectivity index (χ1n) is 17.4. The smallest absolute Gasteiger partial charge is 0.373 e. The van der Waals surface area contributed by atoms with Gasteiger partial charge >= 0.3 is 17.8 Å². The standard InChI is InChI=1S/C31H54FN6O8PS2.CO2/c1-8-24-27(26(32)28(45-24)37-17-15-25(39)35-30(37)41)46-47(38(22(4)5)23(6)7)44-20-31(9-2,29(40)43-10-3)19-42-21-49-48-18-14-12-11-13-16-34-36-33;2-1-3/h15,17,22-24,26-28H,8-14,16,18-21H2,1-7H3,(H,35,39,41);/t24-,26+,27?,28-,31?,47?;/m1./s1. The molecule has 0 spiro atoms. The van der Waals surface area contributed by atoms with Gasteiger partial charge in [-0.25, -0.2) is 13.9 Å². The van der Waals surface area contributed by atoms with Gasteiger partial charge in [-0.2, -0.15) is 9.59 Å². The number of esters is 1. The molecule has 2 rings (SSSR count). The van der Waals surface area contributed by atoms with Crippen molar-refractivity contribution in [3.63, 3.8) is 0 Å². The number of ether oxygens (including phenoxy) is 3. The first-order chi connectivity index (χ1) is 24.9. The van der Waals surface area contributed by atoms with Gasteiger partial charge in [0.2, 0.25) is 0 Å². The first-order valence-corrected chi connectivity index (χ1v) is 21.0. The van der Waals surface area contributed by atoms with E-state index in [4.69, 9.17) is 38.4 Å². The molecular formula is C32H54FN6O10PS2. The highest BCUT2D eigenvalue weighted by Gasteiger charge is 2.50. The molecule has 3 unspecified atom stereocenters. The van der Waals surface area contributed by atoms with Crippen LogP contribution >= 0.6 is 30.1 Å². The van der Waals surface area contributed by atoms with E-state index in [1.54, 1.807) is 28.5 Å². The van der Waals surface area contributed by atoms with Crippen molar-refractivity contribution in [2.75, 3.05) is 38.1 Å². The molecule has 0 radical (unpaired) electrons. The number of aromatic nitrogens is 2. The van der Waals surface area contributed by atoms with E-state index in [1.165, 1.54) is 6.20 Å². The average Bonchev–Trinajstić information content (AvgIpc) is 3.40. The molecule has 20 heteroatoms. The van der Waals surface area contributed by atoms with Gasteiger partial charge in [0.15, 0.2) is 12.4 Å². The predicted octanol–water partition coefficient (Wildman–Crippen LogP) is 6.53. The number of hydrogen-bond acceptors (Lipinski definition) is 14. The number of hydrogen-bond donors (Lipinski definition) is 1. The fourth-order valence-electron chi connectivity index (χ4n) is 5.31. The second kappa shape index (κ2) is 26.5. The minimum atomic E-state index is -1.94.